The quantitative estimate of drug-likeness (QED) is 0.780. The number of benzene rings is 1. The first-order valence-corrected chi connectivity index (χ1v) is 6.57. The Morgan fingerprint density at radius 3 is 2.83 bits per heavy atom. The molecular formula is C14H20ClNO2. The van der Waals surface area contributed by atoms with E-state index in [0.717, 1.165) is 18.4 Å². The summed E-state index contributed by atoms with van der Waals surface area (Å²) in [5.41, 5.74) is 1.54. The third-order valence-corrected chi connectivity index (χ3v) is 3.14. The molecule has 1 unspecified atom stereocenters. The van der Waals surface area contributed by atoms with Crippen LogP contribution in [0.2, 0.25) is 5.02 Å². The Balaban J connectivity index is 2.41. The molecule has 100 valence electrons. The van der Waals surface area contributed by atoms with Gasteiger partial charge in [-0.15, -0.1) is 0 Å². The molecule has 1 aromatic rings. The summed E-state index contributed by atoms with van der Waals surface area (Å²) >= 11 is 5.84. The van der Waals surface area contributed by atoms with E-state index in [0.29, 0.717) is 23.0 Å². The van der Waals surface area contributed by atoms with E-state index in [1.807, 2.05) is 13.8 Å². The fourth-order valence-corrected chi connectivity index (χ4v) is 1.95. The van der Waals surface area contributed by atoms with Gasteiger partial charge in [-0.3, -0.25) is 4.79 Å². The van der Waals surface area contributed by atoms with Crippen LogP contribution < -0.4 is 5.32 Å². The number of hydrogen-bond donors (Lipinski definition) is 2. The number of carbonyl (C=O) groups is 1. The molecule has 0 spiro atoms. The van der Waals surface area contributed by atoms with Gasteiger partial charge in [0.15, 0.2) is 0 Å². The topological polar surface area (TPSA) is 49.3 Å². The maximum Gasteiger partial charge on any atom is 0.251 e. The van der Waals surface area contributed by atoms with E-state index in [1.165, 1.54) is 0 Å². The highest BCUT2D eigenvalue weighted by Crippen LogP contribution is 2.15. The highest BCUT2D eigenvalue weighted by Gasteiger charge is 2.08. The van der Waals surface area contributed by atoms with Gasteiger partial charge in [0.1, 0.15) is 0 Å². The Kier molecular flexibility index (Phi) is 6.16. The van der Waals surface area contributed by atoms with Gasteiger partial charge >= 0.3 is 0 Å². The summed E-state index contributed by atoms with van der Waals surface area (Å²) in [5, 5.41) is 12.4. The average Bonchev–Trinajstić information content (AvgIpc) is 2.34. The zero-order chi connectivity index (χ0) is 13.5. The van der Waals surface area contributed by atoms with Crippen LogP contribution in [0.1, 0.15) is 35.7 Å². The molecule has 0 aliphatic heterocycles. The lowest BCUT2D eigenvalue weighted by Crippen LogP contribution is -2.25. The zero-order valence-electron chi connectivity index (χ0n) is 10.9. The van der Waals surface area contributed by atoms with Crippen LogP contribution in [0.25, 0.3) is 0 Å². The SMILES string of the molecule is Cc1cc(Cl)ccc1C(=O)NCCCC(C)CO. The third-order valence-electron chi connectivity index (χ3n) is 2.90. The molecule has 1 aromatic carbocycles. The lowest BCUT2D eigenvalue weighted by atomic mass is 10.1. The molecule has 0 aliphatic carbocycles. The van der Waals surface area contributed by atoms with Crippen molar-refractivity contribution in [1.29, 1.82) is 0 Å². The molecule has 0 saturated carbocycles. The summed E-state index contributed by atoms with van der Waals surface area (Å²) in [7, 11) is 0. The van der Waals surface area contributed by atoms with Crippen molar-refractivity contribution in [2.75, 3.05) is 13.2 Å². The first kappa shape index (κ1) is 15.0. The molecule has 1 atom stereocenters. The first-order valence-electron chi connectivity index (χ1n) is 6.19. The van der Waals surface area contributed by atoms with E-state index in [-0.39, 0.29) is 12.5 Å². The highest BCUT2D eigenvalue weighted by atomic mass is 35.5. The molecule has 1 rings (SSSR count). The van der Waals surface area contributed by atoms with Crippen molar-refractivity contribution in [2.24, 2.45) is 5.92 Å². The predicted molar refractivity (Wildman–Crippen MR) is 74.0 cm³/mol. The largest absolute Gasteiger partial charge is 0.396 e. The number of carbonyl (C=O) groups excluding carboxylic acids is 1. The molecule has 0 radical (unpaired) electrons. The maximum atomic E-state index is 11.9. The molecule has 4 heteroatoms. The number of aliphatic hydroxyl groups is 1. The van der Waals surface area contributed by atoms with E-state index in [2.05, 4.69) is 5.32 Å². The molecular weight excluding hydrogens is 250 g/mol. The van der Waals surface area contributed by atoms with Gasteiger partial charge in [-0.2, -0.15) is 0 Å². The Morgan fingerprint density at radius 2 is 2.22 bits per heavy atom. The van der Waals surface area contributed by atoms with Crippen molar-refractivity contribution in [1.82, 2.24) is 5.32 Å². The highest BCUT2D eigenvalue weighted by molar-refractivity contribution is 6.30. The molecule has 0 aromatic heterocycles. The number of aliphatic hydroxyl groups excluding tert-OH is 1. The number of amides is 1. The second kappa shape index (κ2) is 7.39. The van der Waals surface area contributed by atoms with Crippen molar-refractivity contribution in [2.45, 2.75) is 26.7 Å². The predicted octanol–water partition coefficient (Wildman–Crippen LogP) is 2.79. The summed E-state index contributed by atoms with van der Waals surface area (Å²) in [6, 6.07) is 5.24. The molecule has 0 aliphatic rings. The van der Waals surface area contributed by atoms with Crippen LogP contribution >= 0.6 is 11.6 Å². The van der Waals surface area contributed by atoms with E-state index < -0.39 is 0 Å². The number of halogens is 1. The summed E-state index contributed by atoms with van der Waals surface area (Å²) in [6.07, 6.45) is 1.79. The summed E-state index contributed by atoms with van der Waals surface area (Å²) < 4.78 is 0. The number of aryl methyl sites for hydroxylation is 1. The first-order chi connectivity index (χ1) is 8.54. The van der Waals surface area contributed by atoms with Crippen LogP contribution in [-0.4, -0.2) is 24.2 Å². The van der Waals surface area contributed by atoms with Gasteiger partial charge in [-0.25, -0.2) is 0 Å². The third kappa shape index (κ3) is 4.67. The number of nitrogens with one attached hydrogen (secondary N) is 1. The minimum atomic E-state index is -0.0687. The van der Waals surface area contributed by atoms with Crippen LogP contribution in [0.5, 0.6) is 0 Å². The molecule has 0 heterocycles. The van der Waals surface area contributed by atoms with Crippen LogP contribution in [0.15, 0.2) is 18.2 Å². The van der Waals surface area contributed by atoms with Gasteiger partial charge in [-0.1, -0.05) is 18.5 Å². The molecule has 3 nitrogen and oxygen atoms in total. The smallest absolute Gasteiger partial charge is 0.251 e. The zero-order valence-corrected chi connectivity index (χ0v) is 11.6. The summed E-state index contributed by atoms with van der Waals surface area (Å²) in [5.74, 6) is 0.222. The van der Waals surface area contributed by atoms with Gasteiger partial charge in [0, 0.05) is 23.7 Å². The summed E-state index contributed by atoms with van der Waals surface area (Å²) in [4.78, 5) is 11.9. The van der Waals surface area contributed by atoms with Gasteiger partial charge in [0.25, 0.3) is 5.91 Å². The number of hydrogen-bond acceptors (Lipinski definition) is 2. The fraction of sp³-hybridized carbons (Fsp3) is 0.500. The molecule has 0 fully saturated rings. The minimum Gasteiger partial charge on any atom is -0.396 e. The van der Waals surface area contributed by atoms with E-state index in [1.54, 1.807) is 18.2 Å². The Bertz CT molecular complexity index is 407. The Labute approximate surface area is 113 Å². The standard InChI is InChI=1S/C14H20ClNO2/c1-10(9-17)4-3-7-16-14(18)13-6-5-12(15)8-11(13)2/h5-6,8,10,17H,3-4,7,9H2,1-2H3,(H,16,18). The van der Waals surface area contributed by atoms with Crippen molar-refractivity contribution < 1.29 is 9.90 Å². The van der Waals surface area contributed by atoms with E-state index in [9.17, 15) is 4.79 Å². The van der Waals surface area contributed by atoms with Crippen LogP contribution in [0, 0.1) is 12.8 Å². The lowest BCUT2D eigenvalue weighted by molar-refractivity contribution is 0.0951. The molecule has 18 heavy (non-hydrogen) atoms. The molecule has 2 N–H and O–H groups in total. The van der Waals surface area contributed by atoms with Crippen molar-refractivity contribution in [3.8, 4) is 0 Å². The molecule has 0 bridgehead atoms. The Morgan fingerprint density at radius 1 is 1.50 bits per heavy atom. The summed E-state index contributed by atoms with van der Waals surface area (Å²) in [6.45, 7) is 4.69. The normalized spacial score (nSPS) is 12.2. The monoisotopic (exact) mass is 269 g/mol. The molecule has 1 amide bonds. The molecule has 0 saturated heterocycles. The number of rotatable bonds is 6. The van der Waals surface area contributed by atoms with Gasteiger partial charge in [0.05, 0.1) is 0 Å². The van der Waals surface area contributed by atoms with Gasteiger partial charge in [0.2, 0.25) is 0 Å². The van der Waals surface area contributed by atoms with Crippen molar-refractivity contribution in [3.63, 3.8) is 0 Å². The maximum absolute atomic E-state index is 11.9. The van der Waals surface area contributed by atoms with E-state index in [4.69, 9.17) is 16.7 Å². The average molecular weight is 270 g/mol. The minimum absolute atomic E-state index is 0.0687. The van der Waals surface area contributed by atoms with Crippen LogP contribution in [0.4, 0.5) is 0 Å². The van der Waals surface area contributed by atoms with Crippen LogP contribution in [0.3, 0.4) is 0 Å². The van der Waals surface area contributed by atoms with Gasteiger partial charge < -0.3 is 10.4 Å². The van der Waals surface area contributed by atoms with E-state index >= 15 is 0 Å². The second-order valence-electron chi connectivity index (χ2n) is 4.65. The van der Waals surface area contributed by atoms with Gasteiger partial charge in [-0.05, 0) is 49.4 Å². The Hall–Kier alpha value is -1.06. The fourth-order valence-electron chi connectivity index (χ4n) is 1.72. The van der Waals surface area contributed by atoms with Crippen molar-refractivity contribution in [3.05, 3.63) is 34.3 Å². The van der Waals surface area contributed by atoms with Crippen molar-refractivity contribution >= 4 is 17.5 Å². The van der Waals surface area contributed by atoms with Crippen LogP contribution in [-0.2, 0) is 0 Å². The second-order valence-corrected chi connectivity index (χ2v) is 5.08. The lowest BCUT2D eigenvalue weighted by Gasteiger charge is -2.10.